The molecule has 0 radical (unpaired) electrons. The largest absolute Gasteiger partial charge is 0.330 e. The molecule has 0 saturated carbocycles. The Morgan fingerprint density at radius 1 is 0.900 bits per heavy atom. The van der Waals surface area contributed by atoms with Crippen molar-refractivity contribution in [2.24, 2.45) is 0 Å². The van der Waals surface area contributed by atoms with E-state index in [9.17, 15) is 0 Å². The SMILES string of the molecule is Clc1ccc(-n2nnc3ccc4ccccc4[n+]32)cc1. The van der Waals surface area contributed by atoms with Crippen LogP contribution in [0.2, 0.25) is 5.02 Å². The third kappa shape index (κ3) is 1.66. The normalized spacial score (nSPS) is 11.2. The van der Waals surface area contributed by atoms with Crippen molar-refractivity contribution < 1.29 is 4.52 Å². The Bertz CT molecular complexity index is 912. The molecule has 0 amide bonds. The number of hydrogen-bond donors (Lipinski definition) is 0. The summed E-state index contributed by atoms with van der Waals surface area (Å²) in [6.07, 6.45) is 0. The van der Waals surface area contributed by atoms with Gasteiger partial charge < -0.3 is 0 Å². The number of nitrogens with zero attached hydrogens (tertiary/aromatic N) is 4. The number of hydrogen-bond acceptors (Lipinski definition) is 2. The predicted octanol–water partition coefficient (Wildman–Crippen LogP) is 2.81. The van der Waals surface area contributed by atoms with Crippen LogP contribution in [0.5, 0.6) is 0 Å². The van der Waals surface area contributed by atoms with Crippen LogP contribution < -0.4 is 4.52 Å². The van der Waals surface area contributed by atoms with Gasteiger partial charge in [-0.1, -0.05) is 29.8 Å². The second-order valence-corrected chi connectivity index (χ2v) is 4.95. The molecule has 20 heavy (non-hydrogen) atoms. The van der Waals surface area contributed by atoms with Gasteiger partial charge in [-0.3, -0.25) is 0 Å². The maximum atomic E-state index is 5.93. The van der Waals surface area contributed by atoms with Gasteiger partial charge in [0.25, 0.3) is 0 Å². The van der Waals surface area contributed by atoms with Crippen LogP contribution in [0.15, 0.2) is 60.7 Å². The Labute approximate surface area is 119 Å². The van der Waals surface area contributed by atoms with E-state index in [2.05, 4.69) is 22.4 Å². The van der Waals surface area contributed by atoms with E-state index in [0.29, 0.717) is 5.02 Å². The van der Waals surface area contributed by atoms with Gasteiger partial charge in [-0.25, -0.2) is 0 Å². The molecular weight excluding hydrogens is 272 g/mol. The molecular formula is C15H10ClN4+. The van der Waals surface area contributed by atoms with Gasteiger partial charge in [-0.05, 0) is 41.2 Å². The van der Waals surface area contributed by atoms with Gasteiger partial charge in [0.05, 0.1) is 0 Å². The summed E-state index contributed by atoms with van der Waals surface area (Å²) >= 11 is 5.93. The lowest BCUT2D eigenvalue weighted by molar-refractivity contribution is -0.577. The van der Waals surface area contributed by atoms with Crippen molar-refractivity contribution >= 4 is 28.2 Å². The quantitative estimate of drug-likeness (QED) is 0.503. The van der Waals surface area contributed by atoms with E-state index in [1.807, 2.05) is 53.0 Å². The highest BCUT2D eigenvalue weighted by molar-refractivity contribution is 6.30. The minimum Gasteiger partial charge on any atom is -0.115 e. The standard InChI is InChI=1S/C15H10ClN4/c16-12-6-8-13(9-7-12)20-18-17-15-10-5-11-3-1-2-4-14(11)19(15)20/h1-10H/q+1. The molecule has 0 aliphatic carbocycles. The molecule has 0 N–H and O–H groups in total. The molecule has 4 aromatic rings. The van der Waals surface area contributed by atoms with Gasteiger partial charge in [0.15, 0.2) is 5.21 Å². The van der Waals surface area contributed by atoms with Crippen molar-refractivity contribution in [2.75, 3.05) is 0 Å². The molecule has 0 bridgehead atoms. The second-order valence-electron chi connectivity index (χ2n) is 4.52. The Morgan fingerprint density at radius 2 is 1.70 bits per heavy atom. The molecule has 4 rings (SSSR count). The summed E-state index contributed by atoms with van der Waals surface area (Å²) in [6.45, 7) is 0. The third-order valence-electron chi connectivity index (χ3n) is 3.27. The number of pyridine rings is 1. The van der Waals surface area contributed by atoms with Crippen LogP contribution in [-0.2, 0) is 0 Å². The van der Waals surface area contributed by atoms with Crippen LogP contribution in [-0.4, -0.2) is 15.1 Å². The monoisotopic (exact) mass is 281 g/mol. The number of para-hydroxylation sites is 1. The Balaban J connectivity index is 2.09. The lowest BCUT2D eigenvalue weighted by Gasteiger charge is -2.00. The Kier molecular flexibility index (Phi) is 2.44. The fourth-order valence-electron chi connectivity index (χ4n) is 2.32. The molecule has 0 aliphatic rings. The highest BCUT2D eigenvalue weighted by Crippen LogP contribution is 2.14. The van der Waals surface area contributed by atoms with Crippen molar-refractivity contribution in [2.45, 2.75) is 0 Å². The zero-order chi connectivity index (χ0) is 13.5. The number of benzene rings is 2. The van der Waals surface area contributed by atoms with Crippen LogP contribution in [0.25, 0.3) is 22.2 Å². The highest BCUT2D eigenvalue weighted by atomic mass is 35.5. The number of rotatable bonds is 1. The number of halogens is 1. The molecule has 0 saturated heterocycles. The average Bonchev–Trinajstić information content (AvgIpc) is 2.92. The van der Waals surface area contributed by atoms with E-state index >= 15 is 0 Å². The van der Waals surface area contributed by atoms with E-state index in [1.54, 1.807) is 4.80 Å². The first-order chi connectivity index (χ1) is 9.83. The van der Waals surface area contributed by atoms with E-state index in [-0.39, 0.29) is 0 Å². The minimum atomic E-state index is 0.702. The lowest BCUT2D eigenvalue weighted by atomic mass is 10.2. The molecule has 4 nitrogen and oxygen atoms in total. The zero-order valence-corrected chi connectivity index (χ0v) is 11.2. The van der Waals surface area contributed by atoms with Crippen molar-refractivity contribution in [1.29, 1.82) is 0 Å². The maximum absolute atomic E-state index is 5.93. The van der Waals surface area contributed by atoms with Crippen LogP contribution in [0.3, 0.4) is 0 Å². The number of aromatic nitrogens is 4. The molecule has 5 heteroatoms. The molecule has 0 unspecified atom stereocenters. The second kappa shape index (κ2) is 4.28. The summed E-state index contributed by atoms with van der Waals surface area (Å²) in [5.74, 6) is 0. The van der Waals surface area contributed by atoms with Crippen molar-refractivity contribution in [3.05, 3.63) is 65.7 Å². The molecule has 0 fully saturated rings. The maximum Gasteiger partial charge on any atom is 0.330 e. The van der Waals surface area contributed by atoms with Crippen LogP contribution in [0.4, 0.5) is 0 Å². The first-order valence-electron chi connectivity index (χ1n) is 6.24. The smallest absolute Gasteiger partial charge is 0.115 e. The minimum absolute atomic E-state index is 0.702. The van der Waals surface area contributed by atoms with Gasteiger partial charge in [0, 0.05) is 16.5 Å². The Hall–Kier alpha value is -2.46. The first-order valence-corrected chi connectivity index (χ1v) is 6.62. The van der Waals surface area contributed by atoms with Crippen LogP contribution in [0, 0.1) is 0 Å². The summed E-state index contributed by atoms with van der Waals surface area (Å²) < 4.78 is 1.98. The molecule has 0 aliphatic heterocycles. The van der Waals surface area contributed by atoms with E-state index in [1.165, 1.54) is 0 Å². The summed E-state index contributed by atoms with van der Waals surface area (Å²) in [7, 11) is 0. The van der Waals surface area contributed by atoms with Gasteiger partial charge in [-0.15, -0.1) is 4.52 Å². The van der Waals surface area contributed by atoms with Gasteiger partial charge in [-0.2, -0.15) is 0 Å². The van der Waals surface area contributed by atoms with Crippen molar-refractivity contribution in [3.63, 3.8) is 0 Å². The highest BCUT2D eigenvalue weighted by Gasteiger charge is 2.16. The first kappa shape index (κ1) is 11.4. The average molecular weight is 282 g/mol. The summed E-state index contributed by atoms with van der Waals surface area (Å²) in [5, 5.41) is 10.3. The van der Waals surface area contributed by atoms with E-state index < -0.39 is 0 Å². The zero-order valence-electron chi connectivity index (χ0n) is 10.4. The molecule has 96 valence electrons. The molecule has 2 heterocycles. The molecule has 2 aromatic carbocycles. The fourth-order valence-corrected chi connectivity index (χ4v) is 2.45. The van der Waals surface area contributed by atoms with Crippen molar-refractivity contribution in [3.8, 4) is 5.69 Å². The Morgan fingerprint density at radius 3 is 2.55 bits per heavy atom. The third-order valence-corrected chi connectivity index (χ3v) is 3.52. The van der Waals surface area contributed by atoms with Gasteiger partial charge in [0.1, 0.15) is 16.3 Å². The number of fused-ring (bicyclic) bond motifs is 3. The predicted molar refractivity (Wildman–Crippen MR) is 77.0 cm³/mol. The van der Waals surface area contributed by atoms with Crippen LogP contribution >= 0.6 is 11.6 Å². The summed E-state index contributed by atoms with van der Waals surface area (Å²) in [5.41, 5.74) is 2.78. The van der Waals surface area contributed by atoms with E-state index in [0.717, 1.165) is 22.2 Å². The van der Waals surface area contributed by atoms with Crippen molar-refractivity contribution in [1.82, 2.24) is 15.1 Å². The lowest BCUT2D eigenvalue weighted by Crippen LogP contribution is -2.33. The van der Waals surface area contributed by atoms with Crippen LogP contribution in [0.1, 0.15) is 0 Å². The summed E-state index contributed by atoms with van der Waals surface area (Å²) in [4.78, 5) is 1.77. The van der Waals surface area contributed by atoms with Gasteiger partial charge >= 0.3 is 5.65 Å². The van der Waals surface area contributed by atoms with Gasteiger partial charge in [0.2, 0.25) is 0 Å². The molecule has 2 aromatic heterocycles. The topological polar surface area (TPSA) is 34.8 Å². The summed E-state index contributed by atoms with van der Waals surface area (Å²) in [6, 6.07) is 19.7. The fraction of sp³-hybridized carbons (Fsp3) is 0. The molecule has 0 spiro atoms. The number of tetrazole rings is 1. The van der Waals surface area contributed by atoms with E-state index in [4.69, 9.17) is 11.6 Å². The molecule has 0 atom stereocenters.